The lowest BCUT2D eigenvalue weighted by Crippen LogP contribution is -2.40. The zero-order valence-corrected chi connectivity index (χ0v) is 13.7. The zero-order valence-electron chi connectivity index (χ0n) is 13.7. The van der Waals surface area contributed by atoms with Gasteiger partial charge in [-0.1, -0.05) is 37.3 Å². The predicted octanol–water partition coefficient (Wildman–Crippen LogP) is 2.49. The first-order valence-electron chi connectivity index (χ1n) is 8.19. The number of piperidine rings is 1. The summed E-state index contributed by atoms with van der Waals surface area (Å²) in [7, 11) is 0. The first-order valence-corrected chi connectivity index (χ1v) is 8.19. The van der Waals surface area contributed by atoms with E-state index in [-0.39, 0.29) is 18.2 Å². The summed E-state index contributed by atoms with van der Waals surface area (Å²) in [6.45, 7) is 3.43. The first-order chi connectivity index (χ1) is 11.6. The van der Waals surface area contributed by atoms with Crippen molar-refractivity contribution in [1.29, 1.82) is 0 Å². The molecule has 2 aromatic rings. The second-order valence-corrected chi connectivity index (χ2v) is 6.17. The number of hydrogen-bond donors (Lipinski definition) is 1. The molecule has 6 heteroatoms. The van der Waals surface area contributed by atoms with Gasteiger partial charge in [-0.25, -0.2) is 4.79 Å². The Morgan fingerprint density at radius 2 is 1.96 bits per heavy atom. The first kappa shape index (κ1) is 16.2. The van der Waals surface area contributed by atoms with Gasteiger partial charge in [0, 0.05) is 18.7 Å². The summed E-state index contributed by atoms with van der Waals surface area (Å²) in [5, 5.41) is 6.78. The van der Waals surface area contributed by atoms with Crippen LogP contribution in [-0.4, -0.2) is 46.7 Å². The number of carbonyl (C=O) groups excluding carboxylic acids is 2. The molecule has 2 heterocycles. The largest absolute Gasteiger partial charge is 0.451 e. The number of likely N-dealkylation sites (tertiary alicyclic amines) is 1. The van der Waals surface area contributed by atoms with Crippen LogP contribution >= 0.6 is 0 Å². The van der Waals surface area contributed by atoms with Gasteiger partial charge in [0.25, 0.3) is 5.91 Å². The molecule has 0 aliphatic carbocycles. The monoisotopic (exact) mass is 327 g/mol. The van der Waals surface area contributed by atoms with Gasteiger partial charge in [0.05, 0.1) is 5.69 Å². The van der Waals surface area contributed by atoms with Gasteiger partial charge in [-0.05, 0) is 24.8 Å². The fraction of sp³-hybridized carbons (Fsp3) is 0.389. The van der Waals surface area contributed by atoms with Crippen molar-refractivity contribution in [2.75, 3.05) is 19.7 Å². The van der Waals surface area contributed by atoms with Crippen molar-refractivity contribution < 1.29 is 14.3 Å². The molecule has 1 N–H and O–H groups in total. The molecule has 0 unspecified atom stereocenters. The van der Waals surface area contributed by atoms with E-state index in [1.807, 2.05) is 30.3 Å². The molecule has 1 fully saturated rings. The minimum absolute atomic E-state index is 0.141. The number of aromatic nitrogens is 2. The van der Waals surface area contributed by atoms with E-state index < -0.39 is 5.97 Å². The predicted molar refractivity (Wildman–Crippen MR) is 89.3 cm³/mol. The minimum Gasteiger partial charge on any atom is -0.451 e. The maximum atomic E-state index is 12.1. The van der Waals surface area contributed by atoms with E-state index >= 15 is 0 Å². The molecule has 0 saturated carbocycles. The summed E-state index contributed by atoms with van der Waals surface area (Å²) in [5.74, 6) is -0.0561. The van der Waals surface area contributed by atoms with Gasteiger partial charge >= 0.3 is 5.97 Å². The third kappa shape index (κ3) is 3.82. The number of nitrogens with zero attached hydrogens (tertiary/aromatic N) is 2. The average Bonchev–Trinajstić information content (AvgIpc) is 3.11. The van der Waals surface area contributed by atoms with Crippen molar-refractivity contribution in [3.8, 4) is 11.3 Å². The topological polar surface area (TPSA) is 75.3 Å². The fourth-order valence-corrected chi connectivity index (χ4v) is 2.74. The van der Waals surface area contributed by atoms with Crippen molar-refractivity contribution in [1.82, 2.24) is 15.1 Å². The van der Waals surface area contributed by atoms with Gasteiger partial charge in [-0.15, -0.1) is 0 Å². The summed E-state index contributed by atoms with van der Waals surface area (Å²) in [5.41, 5.74) is 1.82. The van der Waals surface area contributed by atoms with Crippen LogP contribution in [-0.2, 0) is 9.53 Å². The molecule has 1 saturated heterocycles. The molecule has 0 radical (unpaired) electrons. The van der Waals surface area contributed by atoms with E-state index in [2.05, 4.69) is 17.1 Å². The SMILES string of the molecule is CC1CCN(C(=O)COC(=O)c2cc(-c3ccccc3)n[nH]2)CC1. The van der Waals surface area contributed by atoms with E-state index in [1.165, 1.54) is 0 Å². The van der Waals surface area contributed by atoms with Gasteiger partial charge in [0.15, 0.2) is 6.61 Å². The van der Waals surface area contributed by atoms with Crippen LogP contribution in [0.2, 0.25) is 0 Å². The summed E-state index contributed by atoms with van der Waals surface area (Å²) in [6, 6.07) is 11.2. The Balaban J connectivity index is 1.54. The molecule has 1 aromatic carbocycles. The Hall–Kier alpha value is -2.63. The van der Waals surface area contributed by atoms with Crippen LogP contribution in [0.3, 0.4) is 0 Å². The van der Waals surface area contributed by atoms with Crippen LogP contribution in [0.5, 0.6) is 0 Å². The number of benzene rings is 1. The van der Waals surface area contributed by atoms with E-state index in [4.69, 9.17) is 4.74 Å². The fourth-order valence-electron chi connectivity index (χ4n) is 2.74. The molecule has 0 atom stereocenters. The Kier molecular flexibility index (Phi) is 4.93. The molecule has 0 spiro atoms. The molecular weight excluding hydrogens is 306 g/mol. The molecule has 1 aliphatic heterocycles. The van der Waals surface area contributed by atoms with E-state index in [0.29, 0.717) is 11.6 Å². The highest BCUT2D eigenvalue weighted by Gasteiger charge is 2.22. The lowest BCUT2D eigenvalue weighted by molar-refractivity contribution is -0.135. The molecule has 126 valence electrons. The maximum Gasteiger partial charge on any atom is 0.356 e. The van der Waals surface area contributed by atoms with E-state index in [9.17, 15) is 9.59 Å². The number of rotatable bonds is 4. The normalized spacial score (nSPS) is 15.3. The number of nitrogens with one attached hydrogen (secondary N) is 1. The third-order valence-corrected chi connectivity index (χ3v) is 4.33. The van der Waals surface area contributed by atoms with E-state index in [1.54, 1.807) is 11.0 Å². The van der Waals surface area contributed by atoms with Crippen LogP contribution in [0.25, 0.3) is 11.3 Å². The Morgan fingerprint density at radius 3 is 2.67 bits per heavy atom. The van der Waals surface area contributed by atoms with Crippen LogP contribution in [0.4, 0.5) is 0 Å². The van der Waals surface area contributed by atoms with Gasteiger partial charge in [0.2, 0.25) is 0 Å². The van der Waals surface area contributed by atoms with Crippen molar-refractivity contribution in [3.63, 3.8) is 0 Å². The van der Waals surface area contributed by atoms with Gasteiger partial charge in [-0.2, -0.15) is 5.10 Å². The van der Waals surface area contributed by atoms with Crippen molar-refractivity contribution >= 4 is 11.9 Å². The second-order valence-electron chi connectivity index (χ2n) is 6.17. The minimum atomic E-state index is -0.566. The van der Waals surface area contributed by atoms with Gasteiger partial charge < -0.3 is 9.64 Å². The molecule has 3 rings (SSSR count). The molecule has 1 amide bonds. The summed E-state index contributed by atoms with van der Waals surface area (Å²) in [6.07, 6.45) is 2.00. The van der Waals surface area contributed by atoms with Crippen molar-refractivity contribution in [2.45, 2.75) is 19.8 Å². The standard InChI is InChI=1S/C18H21N3O3/c1-13-7-9-21(10-8-13)17(22)12-24-18(23)16-11-15(19-20-16)14-5-3-2-4-6-14/h2-6,11,13H,7-10,12H2,1H3,(H,19,20). The smallest absolute Gasteiger partial charge is 0.356 e. The summed E-state index contributed by atoms with van der Waals surface area (Å²) in [4.78, 5) is 25.9. The quantitative estimate of drug-likeness (QED) is 0.876. The lowest BCUT2D eigenvalue weighted by atomic mass is 9.99. The van der Waals surface area contributed by atoms with Crippen LogP contribution in [0, 0.1) is 5.92 Å². The number of esters is 1. The highest BCUT2D eigenvalue weighted by atomic mass is 16.5. The number of ether oxygens (including phenoxy) is 1. The summed E-state index contributed by atoms with van der Waals surface area (Å²) < 4.78 is 5.12. The van der Waals surface area contributed by atoms with E-state index in [0.717, 1.165) is 31.5 Å². The number of H-pyrrole nitrogens is 1. The maximum absolute atomic E-state index is 12.1. The van der Waals surface area contributed by atoms with Gasteiger partial charge in [-0.3, -0.25) is 9.89 Å². The number of aromatic amines is 1. The van der Waals surface area contributed by atoms with Crippen LogP contribution in [0.15, 0.2) is 36.4 Å². The average molecular weight is 327 g/mol. The van der Waals surface area contributed by atoms with Crippen LogP contribution < -0.4 is 0 Å². The molecule has 6 nitrogen and oxygen atoms in total. The molecule has 0 bridgehead atoms. The number of carbonyl (C=O) groups is 2. The Morgan fingerprint density at radius 1 is 1.25 bits per heavy atom. The second kappa shape index (κ2) is 7.29. The molecule has 24 heavy (non-hydrogen) atoms. The van der Waals surface area contributed by atoms with Crippen LogP contribution in [0.1, 0.15) is 30.3 Å². The molecule has 1 aromatic heterocycles. The molecular formula is C18H21N3O3. The zero-order chi connectivity index (χ0) is 16.9. The highest BCUT2D eigenvalue weighted by molar-refractivity contribution is 5.90. The Labute approximate surface area is 140 Å². The number of hydrogen-bond acceptors (Lipinski definition) is 4. The molecule has 1 aliphatic rings. The lowest BCUT2D eigenvalue weighted by Gasteiger charge is -2.30. The summed E-state index contributed by atoms with van der Waals surface area (Å²) >= 11 is 0. The van der Waals surface area contributed by atoms with Crippen molar-refractivity contribution in [3.05, 3.63) is 42.1 Å². The third-order valence-electron chi connectivity index (χ3n) is 4.33. The van der Waals surface area contributed by atoms with Crippen molar-refractivity contribution in [2.24, 2.45) is 5.92 Å². The Bertz CT molecular complexity index is 703. The number of amides is 1. The van der Waals surface area contributed by atoms with Gasteiger partial charge in [0.1, 0.15) is 5.69 Å². The highest BCUT2D eigenvalue weighted by Crippen LogP contribution is 2.18.